The fourth-order valence-electron chi connectivity index (χ4n) is 3.35. The van der Waals surface area contributed by atoms with E-state index in [1.165, 1.54) is 46.5 Å². The number of rotatable bonds is 2. The molecule has 1 saturated carbocycles. The molecule has 124 valence electrons. The van der Waals surface area contributed by atoms with Crippen LogP contribution in [0.2, 0.25) is 0 Å². The predicted molar refractivity (Wildman–Crippen MR) is 104 cm³/mol. The number of aryl methyl sites for hydroxylation is 4. The lowest BCUT2D eigenvalue weighted by atomic mass is 9.95. The summed E-state index contributed by atoms with van der Waals surface area (Å²) in [4.78, 5) is 10.1. The topological polar surface area (TPSA) is 24.7 Å². The monoisotopic (exact) mass is 318 g/mol. The minimum Gasteiger partial charge on any atom is -0.251 e. The highest BCUT2D eigenvalue weighted by molar-refractivity contribution is 6.43. The van der Waals surface area contributed by atoms with Gasteiger partial charge in [-0.15, -0.1) is 0 Å². The Labute approximate surface area is 145 Å². The van der Waals surface area contributed by atoms with Crippen LogP contribution in [0.4, 0.5) is 11.4 Å². The van der Waals surface area contributed by atoms with E-state index in [2.05, 4.69) is 64.1 Å². The zero-order chi connectivity index (χ0) is 17.1. The molecule has 0 spiro atoms. The van der Waals surface area contributed by atoms with Crippen molar-refractivity contribution >= 4 is 22.8 Å². The van der Waals surface area contributed by atoms with E-state index in [1.807, 2.05) is 0 Å². The Hall–Kier alpha value is -2.22. The van der Waals surface area contributed by atoms with Gasteiger partial charge >= 0.3 is 0 Å². The van der Waals surface area contributed by atoms with Crippen molar-refractivity contribution in [1.29, 1.82) is 0 Å². The fourth-order valence-corrected chi connectivity index (χ4v) is 3.35. The third-order valence-corrected chi connectivity index (χ3v) is 4.78. The van der Waals surface area contributed by atoms with Crippen LogP contribution in [0.1, 0.15) is 47.9 Å². The largest absolute Gasteiger partial charge is 0.251 e. The highest BCUT2D eigenvalue weighted by atomic mass is 14.8. The second-order valence-electron chi connectivity index (χ2n) is 6.80. The maximum atomic E-state index is 5.04. The molecule has 0 aliphatic heterocycles. The second kappa shape index (κ2) is 7.12. The van der Waals surface area contributed by atoms with E-state index in [1.54, 1.807) is 0 Å². The lowest BCUT2D eigenvalue weighted by Gasteiger charge is -2.18. The molecule has 0 radical (unpaired) electrons. The van der Waals surface area contributed by atoms with E-state index in [4.69, 9.17) is 9.98 Å². The van der Waals surface area contributed by atoms with Gasteiger partial charge < -0.3 is 0 Å². The molecule has 2 nitrogen and oxygen atoms in total. The number of hydrogen-bond acceptors (Lipinski definition) is 2. The van der Waals surface area contributed by atoms with E-state index in [-0.39, 0.29) is 0 Å². The molecule has 2 heteroatoms. The van der Waals surface area contributed by atoms with Gasteiger partial charge in [0.05, 0.1) is 22.8 Å². The van der Waals surface area contributed by atoms with Gasteiger partial charge in [0, 0.05) is 0 Å². The van der Waals surface area contributed by atoms with E-state index in [0.29, 0.717) is 0 Å². The van der Waals surface area contributed by atoms with Crippen LogP contribution >= 0.6 is 0 Å². The molecule has 0 atom stereocenters. The summed E-state index contributed by atoms with van der Waals surface area (Å²) in [5.74, 6) is 0. The number of para-hydroxylation sites is 2. The Balaban J connectivity index is 2.06. The maximum absolute atomic E-state index is 5.04. The summed E-state index contributed by atoms with van der Waals surface area (Å²) in [6.07, 6.45) is 4.46. The first-order chi connectivity index (χ1) is 11.6. The normalized spacial score (nSPS) is 18.3. The molecule has 1 aliphatic carbocycles. The zero-order valence-corrected chi connectivity index (χ0v) is 15.2. The summed E-state index contributed by atoms with van der Waals surface area (Å²) in [6, 6.07) is 12.7. The van der Waals surface area contributed by atoms with Crippen molar-refractivity contribution in [2.24, 2.45) is 9.98 Å². The van der Waals surface area contributed by atoms with Crippen LogP contribution in [-0.4, -0.2) is 11.4 Å². The number of benzene rings is 2. The highest BCUT2D eigenvalue weighted by Gasteiger charge is 2.17. The van der Waals surface area contributed by atoms with Crippen LogP contribution in [0, 0.1) is 27.7 Å². The Morgan fingerprint density at radius 1 is 0.583 bits per heavy atom. The SMILES string of the molecule is Cc1cccc(C)c1/N=C1/CCCC/C1=N\c1c(C)cccc1C. The van der Waals surface area contributed by atoms with Gasteiger partial charge in [-0.25, -0.2) is 0 Å². The van der Waals surface area contributed by atoms with Crippen molar-refractivity contribution in [3.63, 3.8) is 0 Å². The molecule has 3 rings (SSSR count). The van der Waals surface area contributed by atoms with Crippen LogP contribution in [0.15, 0.2) is 46.4 Å². The molecule has 0 amide bonds. The van der Waals surface area contributed by atoms with Gasteiger partial charge in [0.25, 0.3) is 0 Å². The van der Waals surface area contributed by atoms with Crippen LogP contribution in [0.5, 0.6) is 0 Å². The minimum absolute atomic E-state index is 1.03. The van der Waals surface area contributed by atoms with Crippen molar-refractivity contribution in [1.82, 2.24) is 0 Å². The molecule has 0 aromatic heterocycles. The van der Waals surface area contributed by atoms with Gasteiger partial charge in [0.1, 0.15) is 0 Å². The van der Waals surface area contributed by atoms with E-state index < -0.39 is 0 Å². The third-order valence-electron chi connectivity index (χ3n) is 4.78. The van der Waals surface area contributed by atoms with Crippen molar-refractivity contribution in [2.45, 2.75) is 53.4 Å². The molecule has 0 N–H and O–H groups in total. The Bertz CT molecular complexity index is 703. The van der Waals surface area contributed by atoms with Gasteiger partial charge in [-0.1, -0.05) is 36.4 Å². The first-order valence-electron chi connectivity index (χ1n) is 8.84. The molecule has 1 fully saturated rings. The summed E-state index contributed by atoms with van der Waals surface area (Å²) in [5, 5.41) is 0. The molecule has 0 bridgehead atoms. The molecule has 2 aromatic carbocycles. The van der Waals surface area contributed by atoms with Gasteiger partial charge in [-0.3, -0.25) is 9.98 Å². The quantitative estimate of drug-likeness (QED) is 0.617. The Kier molecular flexibility index (Phi) is 4.94. The molecule has 1 aliphatic rings. The van der Waals surface area contributed by atoms with Crippen LogP contribution < -0.4 is 0 Å². The molecule has 0 unspecified atom stereocenters. The van der Waals surface area contributed by atoms with Gasteiger partial charge in [-0.05, 0) is 75.6 Å². The lowest BCUT2D eigenvalue weighted by Crippen LogP contribution is -2.19. The minimum atomic E-state index is 1.03. The van der Waals surface area contributed by atoms with Crippen LogP contribution in [0.3, 0.4) is 0 Å². The summed E-state index contributed by atoms with van der Waals surface area (Å²) in [6.45, 7) is 8.55. The summed E-state index contributed by atoms with van der Waals surface area (Å²) in [5.41, 5.74) is 9.51. The Morgan fingerprint density at radius 3 is 1.25 bits per heavy atom. The molecule has 0 heterocycles. The lowest BCUT2D eigenvalue weighted by molar-refractivity contribution is 0.776. The average molecular weight is 318 g/mol. The van der Waals surface area contributed by atoms with Crippen molar-refractivity contribution in [3.05, 3.63) is 58.7 Å². The fraction of sp³-hybridized carbons (Fsp3) is 0.364. The molecular weight excluding hydrogens is 292 g/mol. The van der Waals surface area contributed by atoms with Crippen molar-refractivity contribution < 1.29 is 0 Å². The van der Waals surface area contributed by atoms with E-state index >= 15 is 0 Å². The molecule has 24 heavy (non-hydrogen) atoms. The van der Waals surface area contributed by atoms with E-state index in [0.717, 1.165) is 24.2 Å². The van der Waals surface area contributed by atoms with E-state index in [9.17, 15) is 0 Å². The summed E-state index contributed by atoms with van der Waals surface area (Å²) < 4.78 is 0. The summed E-state index contributed by atoms with van der Waals surface area (Å²) >= 11 is 0. The molecule has 0 saturated heterocycles. The molecular formula is C22H26N2. The standard InChI is InChI=1S/C22H26N2/c1-15-9-7-10-16(2)21(15)23-19-13-5-6-14-20(19)24-22-17(3)11-8-12-18(22)4/h7-12H,5-6,13-14H2,1-4H3/b23-19-,24-20+. The highest BCUT2D eigenvalue weighted by Crippen LogP contribution is 2.28. The van der Waals surface area contributed by atoms with Crippen molar-refractivity contribution in [3.8, 4) is 0 Å². The number of hydrogen-bond donors (Lipinski definition) is 0. The van der Waals surface area contributed by atoms with Crippen molar-refractivity contribution in [2.75, 3.05) is 0 Å². The first-order valence-corrected chi connectivity index (χ1v) is 8.84. The number of aliphatic imine (C=N–C) groups is 2. The molecule has 2 aromatic rings. The predicted octanol–water partition coefficient (Wildman–Crippen LogP) is 6.34. The van der Waals surface area contributed by atoms with Gasteiger partial charge in [0.15, 0.2) is 0 Å². The second-order valence-corrected chi connectivity index (χ2v) is 6.80. The smallest absolute Gasteiger partial charge is 0.0692 e. The zero-order valence-electron chi connectivity index (χ0n) is 15.2. The van der Waals surface area contributed by atoms with Crippen LogP contribution in [-0.2, 0) is 0 Å². The van der Waals surface area contributed by atoms with Gasteiger partial charge in [-0.2, -0.15) is 0 Å². The van der Waals surface area contributed by atoms with Gasteiger partial charge in [0.2, 0.25) is 0 Å². The first kappa shape index (κ1) is 16.6. The average Bonchev–Trinajstić information content (AvgIpc) is 2.56. The van der Waals surface area contributed by atoms with Crippen LogP contribution in [0.25, 0.3) is 0 Å². The number of nitrogens with zero attached hydrogens (tertiary/aromatic N) is 2. The Morgan fingerprint density at radius 2 is 0.917 bits per heavy atom. The maximum Gasteiger partial charge on any atom is 0.0692 e. The third kappa shape index (κ3) is 3.48. The summed E-state index contributed by atoms with van der Waals surface area (Å²) in [7, 11) is 0.